The summed E-state index contributed by atoms with van der Waals surface area (Å²) in [6.45, 7) is -0.230. The van der Waals surface area contributed by atoms with Crippen LogP contribution in [0.4, 0.5) is 0 Å². The Balaban J connectivity index is 1.87. The molecule has 0 spiro atoms. The molecule has 28 heavy (non-hydrogen) atoms. The van der Waals surface area contributed by atoms with Crippen LogP contribution in [0.3, 0.4) is 0 Å². The van der Waals surface area contributed by atoms with E-state index in [4.69, 9.17) is 5.11 Å². The fourth-order valence-electron chi connectivity index (χ4n) is 2.43. The average molecular weight is 413 g/mol. The van der Waals surface area contributed by atoms with Crippen LogP contribution in [0.15, 0.2) is 24.3 Å². The lowest BCUT2D eigenvalue weighted by Gasteiger charge is -2.24. The van der Waals surface area contributed by atoms with E-state index in [1.165, 1.54) is 0 Å². The van der Waals surface area contributed by atoms with E-state index in [2.05, 4.69) is 15.3 Å². The van der Waals surface area contributed by atoms with E-state index in [0.29, 0.717) is 0 Å². The highest BCUT2D eigenvalue weighted by Gasteiger charge is 2.27. The van der Waals surface area contributed by atoms with E-state index in [1.54, 1.807) is 0 Å². The van der Waals surface area contributed by atoms with Gasteiger partial charge in [0.05, 0.1) is 6.42 Å². The highest BCUT2D eigenvalue weighted by Crippen LogP contribution is 2.29. The topological polar surface area (TPSA) is 165 Å². The number of rotatable bonds is 12. The molecule has 4 amide bonds. The predicted octanol–water partition coefficient (Wildman–Crippen LogP) is -1.81. The molecule has 0 fully saturated rings. The molecule has 0 saturated heterocycles. The number of carbonyl (C=O) groups is 5. The molecule has 0 aromatic heterocycles. The second-order valence-electron chi connectivity index (χ2n) is 5.80. The maximum Gasteiger partial charge on any atom is 0.304 e. The Kier molecular flexibility index (Phi) is 7.35. The summed E-state index contributed by atoms with van der Waals surface area (Å²) in [6.07, 6.45) is 4.23. The van der Waals surface area contributed by atoms with Gasteiger partial charge in [-0.15, -0.1) is 0 Å². The minimum Gasteiger partial charge on any atom is -0.481 e. The molecular weight excluding hydrogens is 393 g/mol. The molecule has 4 N–H and O–H groups in total. The number of aliphatic carboxylic acids is 1. The van der Waals surface area contributed by atoms with Gasteiger partial charge in [0.1, 0.15) is 0 Å². The third kappa shape index (κ3) is 5.92. The normalized spacial score (nSPS) is 16.7. The highest BCUT2D eigenvalue weighted by molar-refractivity contribution is 7.57. The van der Waals surface area contributed by atoms with Gasteiger partial charge in [-0.05, 0) is 0 Å². The van der Waals surface area contributed by atoms with E-state index < -0.39 is 37.2 Å². The van der Waals surface area contributed by atoms with Crippen LogP contribution >= 0.6 is 7.59 Å². The fourth-order valence-corrected chi connectivity index (χ4v) is 4.02. The minimum absolute atomic E-state index is 0.0212. The summed E-state index contributed by atoms with van der Waals surface area (Å²) in [6, 6.07) is 0. The van der Waals surface area contributed by atoms with Gasteiger partial charge in [-0.2, -0.15) is 0 Å². The third-order valence-electron chi connectivity index (χ3n) is 3.81. The molecule has 2 aliphatic rings. The average Bonchev–Trinajstić information content (AvgIpc) is 3.11. The van der Waals surface area contributed by atoms with Crippen molar-refractivity contribution in [3.05, 3.63) is 24.3 Å². The molecule has 12 nitrogen and oxygen atoms in total. The van der Waals surface area contributed by atoms with Gasteiger partial charge in [0.25, 0.3) is 31.2 Å². The van der Waals surface area contributed by atoms with Crippen molar-refractivity contribution in [1.29, 1.82) is 0 Å². The molecular formula is C15H20N5O7P. The van der Waals surface area contributed by atoms with Crippen molar-refractivity contribution in [2.24, 2.45) is 0 Å². The zero-order chi connectivity index (χ0) is 20.7. The molecule has 2 aliphatic heterocycles. The number of nitrogens with zero attached hydrogens (tertiary/aromatic N) is 2. The van der Waals surface area contributed by atoms with Gasteiger partial charge in [-0.25, -0.2) is 15.3 Å². The van der Waals surface area contributed by atoms with Crippen LogP contribution in [0.25, 0.3) is 0 Å². The SMILES string of the molecule is O=C(O)CCNP(=O)(NCCN1C(=O)C=CC1=O)NCCN1C(=O)C=CC1=O. The van der Waals surface area contributed by atoms with Crippen molar-refractivity contribution < 1.29 is 33.6 Å². The van der Waals surface area contributed by atoms with Crippen molar-refractivity contribution in [2.75, 3.05) is 32.7 Å². The van der Waals surface area contributed by atoms with Gasteiger partial charge in [0.2, 0.25) is 0 Å². The van der Waals surface area contributed by atoms with Gasteiger partial charge in [0.15, 0.2) is 0 Å². The number of carboxylic acid groups (broad SMARTS) is 1. The molecule has 2 heterocycles. The largest absolute Gasteiger partial charge is 0.481 e. The van der Waals surface area contributed by atoms with Crippen molar-refractivity contribution in [1.82, 2.24) is 25.1 Å². The standard InChI is InChI=1S/C15H20N5O7P/c21-11-1-2-12(22)19(11)9-7-17-28(27,16-6-5-15(25)26)18-8-10-20-13(23)3-4-14(20)24/h1-4H,5-10H2,(H,25,26)(H3,16,17,18,27). The Hall–Kier alpha value is -2.66. The number of carboxylic acids is 1. The lowest BCUT2D eigenvalue weighted by molar-refractivity contribution is -0.138. The van der Waals surface area contributed by atoms with E-state index in [0.717, 1.165) is 34.1 Å². The fraction of sp³-hybridized carbons (Fsp3) is 0.400. The summed E-state index contributed by atoms with van der Waals surface area (Å²) in [5.41, 5.74) is 0. The van der Waals surface area contributed by atoms with Gasteiger partial charge in [-0.1, -0.05) is 0 Å². The van der Waals surface area contributed by atoms with Crippen LogP contribution in [0, 0.1) is 0 Å². The Morgan fingerprint density at radius 2 is 1.14 bits per heavy atom. The van der Waals surface area contributed by atoms with Crippen molar-refractivity contribution in [3.63, 3.8) is 0 Å². The molecule has 0 saturated carbocycles. The smallest absolute Gasteiger partial charge is 0.304 e. The highest BCUT2D eigenvalue weighted by atomic mass is 31.2. The molecule has 2 rings (SSSR count). The van der Waals surface area contributed by atoms with E-state index in [9.17, 15) is 28.5 Å². The quantitative estimate of drug-likeness (QED) is 0.212. The molecule has 152 valence electrons. The first-order valence-electron chi connectivity index (χ1n) is 8.36. The predicted molar refractivity (Wildman–Crippen MR) is 95.6 cm³/mol. The second-order valence-corrected chi connectivity index (χ2v) is 7.97. The van der Waals surface area contributed by atoms with Gasteiger partial charge in [0, 0.05) is 57.0 Å². The number of carbonyl (C=O) groups excluding carboxylic acids is 4. The molecule has 0 radical (unpaired) electrons. The van der Waals surface area contributed by atoms with Crippen LogP contribution in [0.2, 0.25) is 0 Å². The number of amides is 4. The first-order chi connectivity index (χ1) is 13.2. The Bertz CT molecular complexity index is 706. The number of nitrogens with one attached hydrogen (secondary N) is 3. The summed E-state index contributed by atoms with van der Waals surface area (Å²) in [4.78, 5) is 58.6. The number of hydrogen-bond acceptors (Lipinski definition) is 6. The summed E-state index contributed by atoms with van der Waals surface area (Å²) in [5, 5.41) is 16.6. The lowest BCUT2D eigenvalue weighted by Crippen LogP contribution is -2.42. The van der Waals surface area contributed by atoms with Crippen molar-refractivity contribution in [3.8, 4) is 0 Å². The van der Waals surface area contributed by atoms with Crippen molar-refractivity contribution >= 4 is 37.2 Å². The summed E-state index contributed by atoms with van der Waals surface area (Å²) in [5.74, 6) is -3.00. The third-order valence-corrected chi connectivity index (χ3v) is 5.82. The van der Waals surface area contributed by atoms with Gasteiger partial charge >= 0.3 is 5.97 Å². The minimum atomic E-state index is -3.52. The van der Waals surface area contributed by atoms with Crippen LogP contribution in [0.5, 0.6) is 0 Å². The van der Waals surface area contributed by atoms with Crippen LogP contribution < -0.4 is 15.3 Å². The number of imide groups is 2. The van der Waals surface area contributed by atoms with Crippen LogP contribution in [0.1, 0.15) is 6.42 Å². The molecule has 0 bridgehead atoms. The molecule has 0 atom stereocenters. The molecule has 0 aliphatic carbocycles. The van der Waals surface area contributed by atoms with E-state index >= 15 is 0 Å². The Morgan fingerprint density at radius 3 is 1.50 bits per heavy atom. The van der Waals surface area contributed by atoms with Crippen LogP contribution in [-0.2, 0) is 28.5 Å². The molecule has 0 aromatic rings. The van der Waals surface area contributed by atoms with E-state index in [1.807, 2.05) is 0 Å². The summed E-state index contributed by atoms with van der Waals surface area (Å²) in [7, 11) is -3.52. The molecule has 0 aromatic carbocycles. The van der Waals surface area contributed by atoms with E-state index in [-0.39, 0.29) is 39.1 Å². The summed E-state index contributed by atoms with van der Waals surface area (Å²) >= 11 is 0. The zero-order valence-electron chi connectivity index (χ0n) is 14.8. The second kappa shape index (κ2) is 9.51. The molecule has 13 heteroatoms. The van der Waals surface area contributed by atoms with Gasteiger partial charge in [-0.3, -0.25) is 38.3 Å². The Morgan fingerprint density at radius 1 is 0.786 bits per heavy atom. The maximum atomic E-state index is 12.9. The van der Waals surface area contributed by atoms with Crippen molar-refractivity contribution in [2.45, 2.75) is 6.42 Å². The van der Waals surface area contributed by atoms with Gasteiger partial charge < -0.3 is 5.11 Å². The van der Waals surface area contributed by atoms with Crippen LogP contribution in [-0.4, -0.2) is 77.2 Å². The molecule has 0 unspecified atom stereocenters. The first-order valence-corrected chi connectivity index (χ1v) is 10.1. The lowest BCUT2D eigenvalue weighted by atomic mass is 10.5. The zero-order valence-corrected chi connectivity index (χ0v) is 15.7. The summed E-state index contributed by atoms with van der Waals surface area (Å²) < 4.78 is 12.9. The maximum absolute atomic E-state index is 12.9. The monoisotopic (exact) mass is 413 g/mol. The Labute approximate surface area is 160 Å². The number of hydrogen-bond donors (Lipinski definition) is 4. The first kappa shape index (κ1) is 21.6.